The number of benzene rings is 7. The summed E-state index contributed by atoms with van der Waals surface area (Å²) in [6.45, 7) is 10.8. The van der Waals surface area contributed by atoms with Crippen LogP contribution in [0.4, 0.5) is 56.7 Å². The normalized spacial score (nSPS) is 11.3. The molecular formula is C72H73BrCl3F9N8O11. The number of imidazole rings is 1. The zero-order valence-corrected chi connectivity index (χ0v) is 61.2. The number of aromatic nitrogens is 3. The number of hydrogen-bond acceptors (Lipinski definition) is 15. The highest BCUT2D eigenvalue weighted by Gasteiger charge is 2.36. The number of aromatic amines is 1. The Morgan fingerprint density at radius 2 is 0.981 bits per heavy atom. The van der Waals surface area contributed by atoms with Crippen LogP contribution in [0.5, 0.6) is 40.2 Å². The average molecular weight is 1580 g/mol. The minimum atomic E-state index is -4.64. The van der Waals surface area contributed by atoms with Gasteiger partial charge in [0.2, 0.25) is 0 Å². The van der Waals surface area contributed by atoms with Crippen LogP contribution in [0.3, 0.4) is 0 Å². The number of hydrogen-bond donors (Lipinski definition) is 5. The second kappa shape index (κ2) is 39.0. The van der Waals surface area contributed by atoms with Crippen LogP contribution in [0.25, 0.3) is 22.4 Å². The van der Waals surface area contributed by atoms with Gasteiger partial charge in [-0.1, -0.05) is 65.1 Å². The Morgan fingerprint density at radius 3 is 1.48 bits per heavy atom. The molecule has 2 aromatic heterocycles. The number of phenolic OH excluding ortho intramolecular Hbond substituents is 1. The number of carbonyl (C=O) groups is 3. The van der Waals surface area contributed by atoms with E-state index in [1.165, 1.54) is 56.6 Å². The van der Waals surface area contributed by atoms with Crippen molar-refractivity contribution in [1.29, 1.82) is 0 Å². The zero-order chi connectivity index (χ0) is 76.6. The first-order valence-corrected chi connectivity index (χ1v) is 33.4. The van der Waals surface area contributed by atoms with Gasteiger partial charge in [0.05, 0.1) is 74.8 Å². The van der Waals surface area contributed by atoms with E-state index < -0.39 is 57.1 Å². The summed E-state index contributed by atoms with van der Waals surface area (Å²) in [4.78, 5) is 53.1. The van der Waals surface area contributed by atoms with Crippen LogP contribution >= 0.6 is 50.7 Å². The van der Waals surface area contributed by atoms with E-state index in [9.17, 15) is 59.0 Å². The molecule has 5 N–H and O–H groups in total. The molecule has 9 aromatic rings. The van der Waals surface area contributed by atoms with E-state index in [2.05, 4.69) is 46.8 Å². The summed E-state index contributed by atoms with van der Waals surface area (Å²) in [6, 6.07) is 31.9. The van der Waals surface area contributed by atoms with Crippen molar-refractivity contribution in [3.8, 4) is 51.6 Å². The summed E-state index contributed by atoms with van der Waals surface area (Å²) >= 11 is 20.4. The highest BCUT2D eigenvalue weighted by atomic mass is 79.9. The SMILES string of the molecule is CCOc1cccc(OCCN(C)C)c1-c1nc2cc(Cl)c(C(F)(F)F)cc2[nH]1.CCOc1cccc(OCCN(C)C)c1C(=O)Nc1ccc(Cl)cn1.CCOc1cccc(OCCOC)c1C(=O)Nc1ccc(Cl)c(C(F)(F)F)c1.Cc1ccc(NC(=O)c2c(O)cccc2Br)cc1C(F)(F)F. The molecule has 0 aliphatic rings. The number of aryl methyl sites for hydroxylation is 1. The first kappa shape index (κ1) is 83.7. The number of aromatic hydroxyl groups is 1. The van der Waals surface area contributed by atoms with E-state index in [1.54, 1.807) is 79.7 Å². The van der Waals surface area contributed by atoms with Gasteiger partial charge >= 0.3 is 18.5 Å². The number of ether oxygens (including phenoxy) is 7. The molecule has 19 nitrogen and oxygen atoms in total. The molecule has 104 heavy (non-hydrogen) atoms. The van der Waals surface area contributed by atoms with Crippen LogP contribution in [-0.4, -0.2) is 142 Å². The molecule has 0 saturated heterocycles. The number of alkyl halides is 9. The van der Waals surface area contributed by atoms with Crippen LogP contribution in [0.15, 0.2) is 144 Å². The molecule has 0 spiro atoms. The van der Waals surface area contributed by atoms with E-state index in [0.717, 1.165) is 30.8 Å². The first-order chi connectivity index (χ1) is 49.2. The molecule has 9 rings (SSSR count). The number of H-pyrrole nitrogens is 1. The number of rotatable bonds is 25. The van der Waals surface area contributed by atoms with Crippen molar-refractivity contribution in [2.75, 3.05) is 111 Å². The largest absolute Gasteiger partial charge is 0.507 e. The molecule has 32 heteroatoms. The molecule has 558 valence electrons. The lowest BCUT2D eigenvalue weighted by atomic mass is 10.1. The van der Waals surface area contributed by atoms with Crippen molar-refractivity contribution in [1.82, 2.24) is 24.8 Å². The number of nitrogens with zero attached hydrogens (tertiary/aromatic N) is 4. The molecule has 0 saturated carbocycles. The van der Waals surface area contributed by atoms with Gasteiger partial charge in [0.1, 0.15) is 88.4 Å². The van der Waals surface area contributed by atoms with Crippen molar-refractivity contribution < 1.29 is 92.2 Å². The van der Waals surface area contributed by atoms with E-state index >= 15 is 0 Å². The Morgan fingerprint density at radius 1 is 0.529 bits per heavy atom. The molecule has 0 fully saturated rings. The van der Waals surface area contributed by atoms with Crippen LogP contribution in [0.2, 0.25) is 15.1 Å². The molecule has 0 bridgehead atoms. The van der Waals surface area contributed by atoms with Gasteiger partial charge in [0, 0.05) is 42.2 Å². The fraction of sp³-hybridized carbons (Fsp3) is 0.292. The van der Waals surface area contributed by atoms with Gasteiger partial charge in [-0.2, -0.15) is 39.5 Å². The lowest BCUT2D eigenvalue weighted by Crippen LogP contribution is -2.21. The number of carbonyl (C=O) groups excluding carboxylic acids is 3. The Bertz CT molecular complexity index is 4340. The number of amides is 3. The quantitative estimate of drug-likeness (QED) is 0.0265. The maximum Gasteiger partial charge on any atom is 0.417 e. The van der Waals surface area contributed by atoms with Gasteiger partial charge < -0.3 is 69.0 Å². The molecule has 0 aliphatic heterocycles. The minimum Gasteiger partial charge on any atom is -0.507 e. The maximum atomic E-state index is 13.2. The van der Waals surface area contributed by atoms with Crippen LogP contribution in [0, 0.1) is 6.92 Å². The predicted octanol–water partition coefficient (Wildman–Crippen LogP) is 18.3. The van der Waals surface area contributed by atoms with Gasteiger partial charge in [-0.15, -0.1) is 0 Å². The number of fused-ring (bicyclic) bond motifs is 1. The maximum absolute atomic E-state index is 13.2. The van der Waals surface area contributed by atoms with E-state index in [4.69, 9.17) is 68.0 Å². The third-order valence-electron chi connectivity index (χ3n) is 14.1. The predicted molar refractivity (Wildman–Crippen MR) is 385 cm³/mol. The number of nitrogens with one attached hydrogen (secondary N) is 4. The lowest BCUT2D eigenvalue weighted by molar-refractivity contribution is -0.138. The molecular weight excluding hydrogens is 1510 g/mol. The van der Waals surface area contributed by atoms with Crippen molar-refractivity contribution in [3.63, 3.8) is 0 Å². The Labute approximate surface area is 616 Å². The summed E-state index contributed by atoms with van der Waals surface area (Å²) in [6.07, 6.45) is -12.2. The Hall–Kier alpha value is -9.23. The van der Waals surface area contributed by atoms with Gasteiger partial charge in [-0.05, 0) is 181 Å². The fourth-order valence-corrected chi connectivity index (χ4v) is 10.4. The highest BCUT2D eigenvalue weighted by Crippen LogP contribution is 2.43. The number of halogens is 13. The zero-order valence-electron chi connectivity index (χ0n) is 57.4. The van der Waals surface area contributed by atoms with Crippen molar-refractivity contribution in [2.45, 2.75) is 46.2 Å². The van der Waals surface area contributed by atoms with Gasteiger partial charge in [0.25, 0.3) is 17.7 Å². The first-order valence-electron chi connectivity index (χ1n) is 31.5. The molecule has 3 amide bonds. The second-order valence-electron chi connectivity index (χ2n) is 22.3. The highest BCUT2D eigenvalue weighted by molar-refractivity contribution is 9.10. The van der Waals surface area contributed by atoms with Gasteiger partial charge in [-0.25, -0.2) is 9.97 Å². The summed E-state index contributed by atoms with van der Waals surface area (Å²) in [5, 5.41) is 16.9. The average Bonchev–Trinajstić information content (AvgIpc) is 1.61. The van der Waals surface area contributed by atoms with Crippen molar-refractivity contribution >= 4 is 96.7 Å². The number of anilines is 3. The summed E-state index contributed by atoms with van der Waals surface area (Å²) in [5.41, 5.74) is -1.30. The van der Waals surface area contributed by atoms with Gasteiger partial charge in [-0.3, -0.25) is 14.4 Å². The Balaban J connectivity index is 0.000000219. The van der Waals surface area contributed by atoms with Crippen LogP contribution < -0.4 is 44.4 Å². The monoisotopic (exact) mass is 1580 g/mol. The van der Waals surface area contributed by atoms with E-state index in [1.807, 2.05) is 51.8 Å². The standard InChI is InChI=1S/C20H21ClF3N3O2.C19H19ClF3NO4.C18H22ClN3O3.C15H11BrF3NO2/c1-4-28-16-6-5-7-17(29-9-8-27(2)3)18(16)19-25-14-10-12(20(22,23)24)13(21)11-15(14)26-19;1-3-27-15-5-4-6-16(28-10-9-26-2)17(15)18(25)24-12-7-8-14(20)13(11-12)19(21,22)23;1-4-24-14-6-5-7-15(25-11-10-22(2)3)17(14)18(23)21-16-9-8-13(19)12-20-16;1-8-5-6-9(7-10(8)15(17,18)19)20-14(22)13-11(16)3-2-4-12(13)21/h5-7,10-11H,4,8-9H2,1-3H3,(H,25,26);4-8,11H,3,9-10H2,1-2H3,(H,24,25);5-9,12H,4,10-11H2,1-3H3,(H,20,21,23);2-7,21H,1H3,(H,20,22). The third kappa shape index (κ3) is 24.4. The summed E-state index contributed by atoms with van der Waals surface area (Å²) < 4.78 is 156. The topological polar surface area (TPSA) is 220 Å². The smallest absolute Gasteiger partial charge is 0.417 e. The third-order valence-corrected chi connectivity index (χ3v) is 15.6. The molecule has 0 radical (unpaired) electrons. The lowest BCUT2D eigenvalue weighted by Gasteiger charge is -2.16. The minimum absolute atomic E-state index is 0.00178. The molecule has 2 heterocycles. The number of pyridine rings is 1. The van der Waals surface area contributed by atoms with Crippen molar-refractivity contribution in [2.24, 2.45) is 0 Å². The summed E-state index contributed by atoms with van der Waals surface area (Å²) in [5.74, 6) is 1.22. The van der Waals surface area contributed by atoms with E-state index in [0.29, 0.717) is 107 Å². The number of phenols is 1. The van der Waals surface area contributed by atoms with Gasteiger partial charge in [0.15, 0.2) is 0 Å². The fourth-order valence-electron chi connectivity index (χ4n) is 9.26. The summed E-state index contributed by atoms with van der Waals surface area (Å²) in [7, 11) is 9.29. The van der Waals surface area contributed by atoms with Crippen LogP contribution in [-0.2, 0) is 23.3 Å². The Kier molecular flexibility index (Phi) is 31.4. The van der Waals surface area contributed by atoms with Crippen molar-refractivity contribution in [3.05, 3.63) is 198 Å². The van der Waals surface area contributed by atoms with E-state index in [-0.39, 0.29) is 63.3 Å². The number of likely N-dealkylation sites (N-methyl/N-ethyl adjacent to an activating group) is 2. The molecule has 0 atom stereocenters. The second-order valence-corrected chi connectivity index (χ2v) is 24.4. The molecule has 7 aromatic carbocycles. The number of methoxy groups -OCH3 is 1. The van der Waals surface area contributed by atoms with Crippen LogP contribution in [0.1, 0.15) is 74.1 Å². The molecule has 0 unspecified atom stereocenters. The molecule has 0 aliphatic carbocycles.